The molecule has 1 aromatic carbocycles. The van der Waals surface area contributed by atoms with Crippen LogP contribution in [-0.2, 0) is 22.0 Å². The van der Waals surface area contributed by atoms with E-state index in [2.05, 4.69) is 47.3 Å². The van der Waals surface area contributed by atoms with E-state index in [4.69, 9.17) is 0 Å². The lowest BCUT2D eigenvalue weighted by Gasteiger charge is -2.28. The number of aryl methyl sites for hydroxylation is 1. The van der Waals surface area contributed by atoms with E-state index in [9.17, 15) is 9.90 Å². The molecule has 0 aliphatic rings. The van der Waals surface area contributed by atoms with Gasteiger partial charge in [0.25, 0.3) is 0 Å². The van der Waals surface area contributed by atoms with Crippen LogP contribution < -0.4 is 5.73 Å². The number of phenolic OH excluding ortho intramolecular Hbond substituents is 1. The van der Waals surface area contributed by atoms with Crippen LogP contribution in [0.1, 0.15) is 64.7 Å². The average molecular weight is 278 g/mol. The molecule has 3 nitrogen and oxygen atoms in total. The molecule has 4 N–H and O–H groups in total. The number of rotatable bonds is 3. The summed E-state index contributed by atoms with van der Waals surface area (Å²) in [6.45, 7) is 12.5. The molecule has 20 heavy (non-hydrogen) atoms. The van der Waals surface area contributed by atoms with Gasteiger partial charge in [-0.15, -0.1) is 0 Å². The molecule has 0 saturated heterocycles. The van der Waals surface area contributed by atoms with Gasteiger partial charge in [-0.3, -0.25) is 5.73 Å². The lowest BCUT2D eigenvalue weighted by atomic mass is 9.78. The van der Waals surface area contributed by atoms with Crippen LogP contribution in [0.15, 0.2) is 12.1 Å². The van der Waals surface area contributed by atoms with Crippen LogP contribution in [0.2, 0.25) is 0 Å². The van der Waals surface area contributed by atoms with Crippen molar-refractivity contribution >= 4 is 5.91 Å². The fraction of sp³-hybridized carbons (Fsp3) is 0.588. The van der Waals surface area contributed by atoms with E-state index in [-0.39, 0.29) is 16.7 Å². The van der Waals surface area contributed by atoms with Crippen LogP contribution in [0, 0.1) is 0 Å². The van der Waals surface area contributed by atoms with Crippen LogP contribution in [0.25, 0.3) is 0 Å². The quantitative estimate of drug-likeness (QED) is 0.892. The fourth-order valence-electron chi connectivity index (χ4n) is 2.27. The molecule has 0 unspecified atom stereocenters. The molecule has 0 aliphatic heterocycles. The first-order valence-corrected chi connectivity index (χ1v) is 7.14. The Balaban J connectivity index is 3.38. The number of quaternary nitrogens is 1. The molecular weight excluding hydrogens is 250 g/mol. The standard InChI is InChI=1S/C17H27NO2/c1-16(2,3)12-9-11(7-8-14(18)19)10-13(15(12)20)17(4,5)6/h9-10,20H,7-8H2,1-6H3,(H2,18,19)/p+1. The molecule has 1 rings (SSSR count). The van der Waals surface area contributed by atoms with E-state index in [0.29, 0.717) is 18.6 Å². The molecule has 0 saturated carbocycles. The van der Waals surface area contributed by atoms with Gasteiger partial charge in [-0.1, -0.05) is 53.7 Å². The summed E-state index contributed by atoms with van der Waals surface area (Å²) in [5, 5.41) is 10.6. The van der Waals surface area contributed by atoms with Crippen molar-refractivity contribution < 1.29 is 15.6 Å². The molecule has 1 amide bonds. The molecule has 0 aromatic heterocycles. The number of phenols is 1. The van der Waals surface area contributed by atoms with E-state index in [1.807, 2.05) is 12.1 Å². The molecule has 0 radical (unpaired) electrons. The van der Waals surface area contributed by atoms with Gasteiger partial charge >= 0.3 is 5.91 Å². The summed E-state index contributed by atoms with van der Waals surface area (Å²) in [5.74, 6) is 0.336. The first kappa shape index (κ1) is 16.7. The number of carbonyl (C=O) groups excluding carboxylic acids is 1. The Labute approximate surface area is 122 Å². The first-order chi connectivity index (χ1) is 8.93. The molecule has 0 spiro atoms. The van der Waals surface area contributed by atoms with Crippen molar-refractivity contribution in [3.8, 4) is 5.75 Å². The van der Waals surface area contributed by atoms with Gasteiger partial charge in [0.15, 0.2) is 0 Å². The fourth-order valence-corrected chi connectivity index (χ4v) is 2.27. The van der Waals surface area contributed by atoms with Crippen molar-refractivity contribution in [2.24, 2.45) is 0 Å². The summed E-state index contributed by atoms with van der Waals surface area (Å²) in [4.78, 5) is 11.1. The molecular formula is C17H28NO2+. The van der Waals surface area contributed by atoms with Crippen molar-refractivity contribution in [3.05, 3.63) is 28.8 Å². The highest BCUT2D eigenvalue weighted by atomic mass is 16.3. The SMILES string of the molecule is CC(C)(C)c1cc(CCC([NH3+])=O)cc(C(C)(C)C)c1O. The smallest absolute Gasteiger partial charge is 0.309 e. The highest BCUT2D eigenvalue weighted by Crippen LogP contribution is 2.39. The van der Waals surface area contributed by atoms with Crippen LogP contribution in [0.3, 0.4) is 0 Å². The van der Waals surface area contributed by atoms with Gasteiger partial charge in [-0.2, -0.15) is 0 Å². The minimum atomic E-state index is -0.130. The highest BCUT2D eigenvalue weighted by Gasteiger charge is 2.26. The minimum Gasteiger partial charge on any atom is -0.507 e. The normalized spacial score (nSPS) is 12.6. The van der Waals surface area contributed by atoms with Gasteiger partial charge in [0.1, 0.15) is 5.75 Å². The Morgan fingerprint density at radius 2 is 1.45 bits per heavy atom. The zero-order chi connectivity index (χ0) is 15.7. The summed E-state index contributed by atoms with van der Waals surface area (Å²) < 4.78 is 0. The van der Waals surface area contributed by atoms with Crippen molar-refractivity contribution in [2.75, 3.05) is 0 Å². The van der Waals surface area contributed by atoms with Crippen molar-refractivity contribution in [3.63, 3.8) is 0 Å². The molecule has 0 bridgehead atoms. The topological polar surface area (TPSA) is 64.9 Å². The van der Waals surface area contributed by atoms with Crippen LogP contribution in [0.4, 0.5) is 0 Å². The van der Waals surface area contributed by atoms with E-state index >= 15 is 0 Å². The van der Waals surface area contributed by atoms with Crippen LogP contribution in [-0.4, -0.2) is 11.0 Å². The maximum atomic E-state index is 11.1. The van der Waals surface area contributed by atoms with Gasteiger partial charge in [0.2, 0.25) is 0 Å². The number of aromatic hydroxyl groups is 1. The second-order valence-corrected chi connectivity index (χ2v) is 7.58. The second kappa shape index (κ2) is 5.57. The van der Waals surface area contributed by atoms with Gasteiger partial charge < -0.3 is 5.11 Å². The Bertz CT molecular complexity index is 470. The molecule has 1 aromatic rings. The number of hydrogen-bond donors (Lipinski definition) is 2. The Hall–Kier alpha value is -1.35. The van der Waals surface area contributed by atoms with E-state index < -0.39 is 0 Å². The highest BCUT2D eigenvalue weighted by molar-refractivity contribution is 5.64. The van der Waals surface area contributed by atoms with Crippen molar-refractivity contribution in [1.29, 1.82) is 0 Å². The first-order valence-electron chi connectivity index (χ1n) is 7.14. The van der Waals surface area contributed by atoms with Crippen LogP contribution in [0.5, 0.6) is 5.75 Å². The summed E-state index contributed by atoms with van der Waals surface area (Å²) in [6.07, 6.45) is 1.12. The third kappa shape index (κ3) is 4.07. The zero-order valence-corrected chi connectivity index (χ0v) is 13.6. The number of carbonyl (C=O) groups is 1. The van der Waals surface area contributed by atoms with Gasteiger partial charge in [-0.25, -0.2) is 4.79 Å². The Morgan fingerprint density at radius 1 is 1.05 bits per heavy atom. The molecule has 3 heteroatoms. The largest absolute Gasteiger partial charge is 0.507 e. The summed E-state index contributed by atoms with van der Waals surface area (Å²) >= 11 is 0. The second-order valence-electron chi connectivity index (χ2n) is 7.58. The number of amides is 1. The van der Waals surface area contributed by atoms with Crippen LogP contribution >= 0.6 is 0 Å². The van der Waals surface area contributed by atoms with Gasteiger partial charge in [-0.05, 0) is 33.9 Å². The lowest BCUT2D eigenvalue weighted by Crippen LogP contribution is -2.56. The zero-order valence-electron chi connectivity index (χ0n) is 13.6. The minimum absolute atomic E-state index is 0.0484. The van der Waals surface area contributed by atoms with Gasteiger partial charge in [0, 0.05) is 0 Å². The molecule has 0 atom stereocenters. The molecule has 0 aliphatic carbocycles. The Morgan fingerprint density at radius 3 is 1.75 bits per heavy atom. The maximum Gasteiger partial charge on any atom is 0.309 e. The van der Waals surface area contributed by atoms with Gasteiger partial charge in [0.05, 0.1) is 6.42 Å². The summed E-state index contributed by atoms with van der Waals surface area (Å²) in [6, 6.07) is 4.04. The molecule has 112 valence electrons. The van der Waals surface area contributed by atoms with Crippen molar-refractivity contribution in [1.82, 2.24) is 0 Å². The average Bonchev–Trinajstić information content (AvgIpc) is 2.24. The monoisotopic (exact) mass is 278 g/mol. The predicted molar refractivity (Wildman–Crippen MR) is 81.7 cm³/mol. The van der Waals surface area contributed by atoms with Crippen molar-refractivity contribution in [2.45, 2.75) is 65.2 Å². The predicted octanol–water partition coefficient (Wildman–Crippen LogP) is 2.69. The third-order valence-electron chi connectivity index (χ3n) is 3.48. The third-order valence-corrected chi connectivity index (χ3v) is 3.48. The lowest BCUT2D eigenvalue weighted by molar-refractivity contribution is -0.305. The van der Waals surface area contributed by atoms with E-state index in [1.165, 1.54) is 0 Å². The summed E-state index contributed by atoms with van der Waals surface area (Å²) in [7, 11) is 0. The number of benzene rings is 1. The van der Waals surface area contributed by atoms with E-state index in [0.717, 1.165) is 16.7 Å². The number of hydrogen-bond acceptors (Lipinski definition) is 2. The van der Waals surface area contributed by atoms with E-state index in [1.54, 1.807) is 0 Å². The molecule has 0 heterocycles. The Kier molecular flexibility index (Phi) is 4.65. The maximum absolute atomic E-state index is 11.1. The summed E-state index contributed by atoms with van der Waals surface area (Å²) in [5.41, 5.74) is 6.14. The molecule has 0 fully saturated rings.